The van der Waals surface area contributed by atoms with Crippen LogP contribution in [0.15, 0.2) is 18.2 Å². The third kappa shape index (κ3) is 12.7. The van der Waals surface area contributed by atoms with Crippen LogP contribution in [-0.4, -0.2) is 67.9 Å². The number of nitrogens with two attached hydrogens (primary N) is 1. The van der Waals surface area contributed by atoms with Crippen LogP contribution in [0, 0.1) is 11.8 Å². The molecule has 0 saturated carbocycles. The molecule has 0 aliphatic heterocycles. The molecule has 0 spiro atoms. The van der Waals surface area contributed by atoms with Crippen LogP contribution in [0.4, 0.5) is 5.69 Å². The third-order valence-electron chi connectivity index (χ3n) is 5.22. The zero-order chi connectivity index (χ0) is 29.5. The topological polar surface area (TPSA) is 190 Å². The van der Waals surface area contributed by atoms with Crippen LogP contribution in [0.1, 0.15) is 57.5 Å². The average Bonchev–Trinajstić information content (AvgIpc) is 2.87. The Bertz CT molecular complexity index is 997. The molecular weight excluding hydrogens is 508 g/mol. The highest BCUT2D eigenvalue weighted by Crippen LogP contribution is 2.18. The van der Waals surface area contributed by atoms with Crippen molar-refractivity contribution >= 4 is 35.3 Å². The van der Waals surface area contributed by atoms with Gasteiger partial charge in [-0.2, -0.15) is 0 Å². The predicted molar refractivity (Wildman–Crippen MR) is 145 cm³/mol. The van der Waals surface area contributed by atoms with Crippen molar-refractivity contribution in [3.8, 4) is 0 Å². The lowest BCUT2D eigenvalue weighted by Gasteiger charge is -2.22. The molecule has 1 rings (SSSR count). The maximum atomic E-state index is 12.7. The minimum absolute atomic E-state index is 0.0640. The molecule has 1 aromatic rings. The van der Waals surface area contributed by atoms with E-state index in [-0.39, 0.29) is 67.9 Å². The highest BCUT2D eigenvalue weighted by atomic mass is 16.6. The molecule has 0 aromatic heterocycles. The van der Waals surface area contributed by atoms with Crippen LogP contribution >= 0.6 is 0 Å². The lowest BCUT2D eigenvalue weighted by Crippen LogP contribution is -2.52. The molecule has 1 aromatic carbocycles. The van der Waals surface area contributed by atoms with E-state index < -0.39 is 29.7 Å². The van der Waals surface area contributed by atoms with Crippen molar-refractivity contribution < 1.29 is 33.5 Å². The number of hydroxylamine groups is 1. The molecule has 0 aliphatic rings. The summed E-state index contributed by atoms with van der Waals surface area (Å²) < 4.78 is 5.24. The first-order valence-corrected chi connectivity index (χ1v) is 12.9. The Balaban J connectivity index is 2.86. The summed E-state index contributed by atoms with van der Waals surface area (Å²) in [6.45, 7) is 10.6. The number of hydrogen-bond donors (Lipinski definition) is 6. The molecule has 0 radical (unpaired) electrons. The van der Waals surface area contributed by atoms with Gasteiger partial charge in [-0.1, -0.05) is 47.6 Å². The van der Waals surface area contributed by atoms with Crippen molar-refractivity contribution in [1.29, 1.82) is 0 Å². The average molecular weight is 551 g/mol. The fraction of sp³-hybridized carbons (Fsp3) is 0.577. The Labute approximate surface area is 229 Å². The van der Waals surface area contributed by atoms with Crippen molar-refractivity contribution in [1.82, 2.24) is 21.4 Å². The minimum atomic E-state index is -0.823. The summed E-state index contributed by atoms with van der Waals surface area (Å²) in [6.07, 6.45) is 0. The summed E-state index contributed by atoms with van der Waals surface area (Å²) in [5.41, 5.74) is 8.40. The maximum Gasteiger partial charge on any atom is 0.308 e. The number of carbonyl (C=O) groups excluding carboxylic acids is 5. The Morgan fingerprint density at radius 1 is 0.949 bits per heavy atom. The monoisotopic (exact) mass is 550 g/mol. The van der Waals surface area contributed by atoms with Crippen LogP contribution < -0.4 is 32.5 Å². The normalized spacial score (nSPS) is 11.7. The van der Waals surface area contributed by atoms with Gasteiger partial charge in [-0.25, -0.2) is 5.48 Å². The Morgan fingerprint density at radius 3 is 2.23 bits per heavy atom. The van der Waals surface area contributed by atoms with E-state index in [0.29, 0.717) is 5.56 Å². The molecule has 218 valence electrons. The molecule has 1 atom stereocenters. The van der Waals surface area contributed by atoms with Gasteiger partial charge in [0, 0.05) is 23.8 Å². The van der Waals surface area contributed by atoms with Gasteiger partial charge in [-0.05, 0) is 18.1 Å². The summed E-state index contributed by atoms with van der Waals surface area (Å²) in [5.74, 6) is -2.99. The molecule has 1 unspecified atom stereocenters. The van der Waals surface area contributed by atoms with Gasteiger partial charge in [0.25, 0.3) is 5.91 Å². The number of esters is 1. The zero-order valence-corrected chi connectivity index (χ0v) is 23.5. The van der Waals surface area contributed by atoms with Gasteiger partial charge in [-0.3, -0.25) is 28.8 Å². The van der Waals surface area contributed by atoms with E-state index in [9.17, 15) is 24.0 Å². The standard InChI is InChI=1S/C26H42N6O7/c1-15(2)23(31-22(34)12-28-17(5)6)25(36)29-13-21(33)30-19-8-7-18(14-38-26(37)16(3)4)20(11-19)24(35)32-39-10-9-27/h7-8,11,15-17,23,28H,9-10,12-14,27H2,1-6H3,(H,29,36)(H,30,33)(H,31,34)(H,32,35). The molecule has 0 fully saturated rings. The molecule has 0 bridgehead atoms. The van der Waals surface area contributed by atoms with Gasteiger partial charge in [-0.15, -0.1) is 0 Å². The molecule has 7 N–H and O–H groups in total. The highest BCUT2D eigenvalue weighted by Gasteiger charge is 2.24. The predicted octanol–water partition coefficient (Wildman–Crippen LogP) is 0.199. The van der Waals surface area contributed by atoms with E-state index >= 15 is 0 Å². The number of anilines is 1. The van der Waals surface area contributed by atoms with Crippen LogP contribution in [0.25, 0.3) is 0 Å². The third-order valence-corrected chi connectivity index (χ3v) is 5.22. The lowest BCUT2D eigenvalue weighted by molar-refractivity contribution is -0.148. The number of rotatable bonds is 16. The quantitative estimate of drug-likeness (QED) is 0.0948. The van der Waals surface area contributed by atoms with Crippen molar-refractivity contribution in [3.05, 3.63) is 29.3 Å². The second kappa shape index (κ2) is 17.1. The van der Waals surface area contributed by atoms with Crippen molar-refractivity contribution in [2.45, 2.75) is 60.2 Å². The van der Waals surface area contributed by atoms with Crippen LogP contribution in [-0.2, 0) is 35.4 Å². The van der Waals surface area contributed by atoms with Gasteiger partial charge in [0.1, 0.15) is 12.6 Å². The Morgan fingerprint density at radius 2 is 1.64 bits per heavy atom. The highest BCUT2D eigenvalue weighted by molar-refractivity contribution is 5.99. The number of nitrogens with one attached hydrogen (secondary N) is 5. The number of carbonyl (C=O) groups is 5. The van der Waals surface area contributed by atoms with E-state index in [2.05, 4.69) is 26.7 Å². The Hall–Kier alpha value is -3.55. The summed E-state index contributed by atoms with van der Waals surface area (Å²) in [6, 6.07) is 3.76. The molecule has 13 heteroatoms. The second-order valence-corrected chi connectivity index (χ2v) is 9.79. The SMILES string of the molecule is CC(C)NCC(=O)NC(C(=O)NCC(=O)Nc1ccc(COC(=O)C(C)C)c(C(=O)NOCCN)c1)C(C)C. The number of amides is 4. The largest absolute Gasteiger partial charge is 0.461 e. The molecule has 0 heterocycles. The van der Waals surface area contributed by atoms with E-state index in [4.69, 9.17) is 15.3 Å². The number of ether oxygens (including phenoxy) is 1. The van der Waals surface area contributed by atoms with Crippen molar-refractivity contribution in [3.63, 3.8) is 0 Å². The zero-order valence-electron chi connectivity index (χ0n) is 23.5. The smallest absolute Gasteiger partial charge is 0.308 e. The van der Waals surface area contributed by atoms with Gasteiger partial charge in [0.05, 0.1) is 31.2 Å². The van der Waals surface area contributed by atoms with E-state index in [1.807, 2.05) is 13.8 Å². The Kier molecular flexibility index (Phi) is 14.7. The lowest BCUT2D eigenvalue weighted by atomic mass is 10.0. The molecule has 0 aliphatic carbocycles. The van der Waals surface area contributed by atoms with Crippen molar-refractivity contribution in [2.75, 3.05) is 31.6 Å². The summed E-state index contributed by atoms with van der Waals surface area (Å²) in [4.78, 5) is 66.9. The summed E-state index contributed by atoms with van der Waals surface area (Å²) in [7, 11) is 0. The first-order valence-electron chi connectivity index (χ1n) is 12.9. The molecular formula is C26H42N6O7. The van der Waals surface area contributed by atoms with Crippen LogP contribution in [0.3, 0.4) is 0 Å². The van der Waals surface area contributed by atoms with Gasteiger partial charge < -0.3 is 31.7 Å². The van der Waals surface area contributed by atoms with E-state index in [1.165, 1.54) is 18.2 Å². The van der Waals surface area contributed by atoms with E-state index in [1.54, 1.807) is 27.7 Å². The molecule has 4 amide bonds. The van der Waals surface area contributed by atoms with Gasteiger partial charge in [0.15, 0.2) is 0 Å². The minimum Gasteiger partial charge on any atom is -0.461 e. The molecule has 13 nitrogen and oxygen atoms in total. The first kappa shape index (κ1) is 33.5. The fourth-order valence-corrected chi connectivity index (χ4v) is 3.08. The van der Waals surface area contributed by atoms with Crippen LogP contribution in [0.5, 0.6) is 0 Å². The van der Waals surface area contributed by atoms with Gasteiger partial charge in [0.2, 0.25) is 17.7 Å². The fourth-order valence-electron chi connectivity index (χ4n) is 3.08. The number of benzene rings is 1. The van der Waals surface area contributed by atoms with Crippen molar-refractivity contribution in [2.24, 2.45) is 17.6 Å². The molecule has 39 heavy (non-hydrogen) atoms. The van der Waals surface area contributed by atoms with Gasteiger partial charge >= 0.3 is 5.97 Å². The molecule has 0 saturated heterocycles. The second-order valence-electron chi connectivity index (χ2n) is 9.79. The summed E-state index contributed by atoms with van der Waals surface area (Å²) >= 11 is 0. The van der Waals surface area contributed by atoms with Crippen LogP contribution in [0.2, 0.25) is 0 Å². The maximum absolute atomic E-state index is 12.7. The number of hydrogen-bond acceptors (Lipinski definition) is 9. The first-order chi connectivity index (χ1) is 18.3. The van der Waals surface area contributed by atoms with E-state index in [0.717, 1.165) is 0 Å². The summed E-state index contributed by atoms with van der Waals surface area (Å²) in [5, 5.41) is 10.8.